The molecule has 8 nitrogen and oxygen atoms in total. The van der Waals surface area contributed by atoms with Gasteiger partial charge >= 0.3 is 11.8 Å². The molecule has 176 valence electrons. The average Bonchev–Trinajstić information content (AvgIpc) is 3.30. The molecule has 0 spiro atoms. The molecule has 3 N–H and O–H groups in total. The maximum atomic E-state index is 12.4. The zero-order valence-corrected chi connectivity index (χ0v) is 19.1. The van der Waals surface area contributed by atoms with Gasteiger partial charge in [-0.2, -0.15) is 0 Å². The number of rotatable bonds is 9. The Morgan fingerprint density at radius 1 is 1.03 bits per heavy atom. The van der Waals surface area contributed by atoms with Gasteiger partial charge in [0, 0.05) is 25.7 Å². The highest BCUT2D eigenvalue weighted by atomic mass is 16.5. The SMILES string of the molecule is COc1ccc(CCN(Cc2ccc(NC(C)=O)cc2)C(=O)C(N)=O)cc1OC1CCCC1. The number of anilines is 1. The van der Waals surface area contributed by atoms with Gasteiger partial charge in [0.25, 0.3) is 0 Å². The van der Waals surface area contributed by atoms with Crippen LogP contribution < -0.4 is 20.5 Å². The van der Waals surface area contributed by atoms with Crippen molar-refractivity contribution in [3.63, 3.8) is 0 Å². The number of hydrogen-bond donors (Lipinski definition) is 2. The molecule has 1 aliphatic carbocycles. The summed E-state index contributed by atoms with van der Waals surface area (Å²) < 4.78 is 11.6. The van der Waals surface area contributed by atoms with Crippen LogP contribution in [-0.2, 0) is 27.3 Å². The van der Waals surface area contributed by atoms with E-state index in [4.69, 9.17) is 15.2 Å². The van der Waals surface area contributed by atoms with Crippen molar-refractivity contribution in [2.75, 3.05) is 19.0 Å². The van der Waals surface area contributed by atoms with Crippen molar-refractivity contribution in [2.45, 2.75) is 51.7 Å². The molecule has 0 bridgehead atoms. The van der Waals surface area contributed by atoms with Crippen molar-refractivity contribution in [3.8, 4) is 11.5 Å². The Kier molecular flexibility index (Phi) is 8.29. The lowest BCUT2D eigenvalue weighted by molar-refractivity contribution is -0.144. The Labute approximate surface area is 194 Å². The minimum Gasteiger partial charge on any atom is -0.493 e. The third-order valence-corrected chi connectivity index (χ3v) is 5.64. The minimum absolute atomic E-state index is 0.163. The van der Waals surface area contributed by atoms with Crippen LogP contribution in [0, 0.1) is 0 Å². The van der Waals surface area contributed by atoms with Crippen molar-refractivity contribution in [3.05, 3.63) is 53.6 Å². The third kappa shape index (κ3) is 6.97. The highest BCUT2D eigenvalue weighted by Crippen LogP contribution is 2.32. The summed E-state index contributed by atoms with van der Waals surface area (Å²) in [5.41, 5.74) is 7.72. The Morgan fingerprint density at radius 2 is 1.70 bits per heavy atom. The Morgan fingerprint density at radius 3 is 2.30 bits per heavy atom. The van der Waals surface area contributed by atoms with Gasteiger partial charge in [-0.1, -0.05) is 18.2 Å². The van der Waals surface area contributed by atoms with Crippen LogP contribution in [-0.4, -0.2) is 42.4 Å². The summed E-state index contributed by atoms with van der Waals surface area (Å²) in [7, 11) is 1.61. The molecule has 0 heterocycles. The van der Waals surface area contributed by atoms with Crippen LogP contribution in [0.25, 0.3) is 0 Å². The second-order valence-corrected chi connectivity index (χ2v) is 8.23. The van der Waals surface area contributed by atoms with Crippen molar-refractivity contribution in [1.82, 2.24) is 4.90 Å². The summed E-state index contributed by atoms with van der Waals surface area (Å²) in [4.78, 5) is 36.6. The number of hydrogen-bond acceptors (Lipinski definition) is 5. The van der Waals surface area contributed by atoms with Crippen LogP contribution in [0.2, 0.25) is 0 Å². The first-order chi connectivity index (χ1) is 15.9. The molecule has 1 saturated carbocycles. The van der Waals surface area contributed by atoms with Crippen molar-refractivity contribution < 1.29 is 23.9 Å². The predicted octanol–water partition coefficient (Wildman–Crippen LogP) is 3.03. The van der Waals surface area contributed by atoms with Crippen LogP contribution in [0.3, 0.4) is 0 Å². The number of primary amides is 1. The van der Waals surface area contributed by atoms with Gasteiger partial charge in [-0.15, -0.1) is 0 Å². The molecule has 33 heavy (non-hydrogen) atoms. The summed E-state index contributed by atoms with van der Waals surface area (Å²) >= 11 is 0. The van der Waals surface area contributed by atoms with Crippen molar-refractivity contribution >= 4 is 23.4 Å². The second-order valence-electron chi connectivity index (χ2n) is 8.23. The summed E-state index contributed by atoms with van der Waals surface area (Å²) in [5.74, 6) is -0.524. The topological polar surface area (TPSA) is 111 Å². The largest absolute Gasteiger partial charge is 0.493 e. The van der Waals surface area contributed by atoms with E-state index in [1.54, 1.807) is 31.4 Å². The molecule has 2 aromatic carbocycles. The number of benzene rings is 2. The molecule has 0 radical (unpaired) electrons. The van der Waals surface area contributed by atoms with Crippen LogP contribution in [0.4, 0.5) is 5.69 Å². The first-order valence-electron chi connectivity index (χ1n) is 11.1. The van der Waals surface area contributed by atoms with Gasteiger partial charge in [-0.3, -0.25) is 14.4 Å². The molecule has 1 aliphatic rings. The molecule has 3 rings (SSSR count). The summed E-state index contributed by atoms with van der Waals surface area (Å²) in [6.45, 7) is 1.97. The Bertz CT molecular complexity index is 984. The minimum atomic E-state index is -0.996. The predicted molar refractivity (Wildman–Crippen MR) is 125 cm³/mol. The van der Waals surface area contributed by atoms with E-state index in [9.17, 15) is 14.4 Å². The lowest BCUT2D eigenvalue weighted by Gasteiger charge is -2.22. The van der Waals surface area contributed by atoms with E-state index in [0.717, 1.165) is 24.0 Å². The molecule has 0 atom stereocenters. The third-order valence-electron chi connectivity index (χ3n) is 5.64. The number of amides is 3. The van der Waals surface area contributed by atoms with E-state index in [2.05, 4.69) is 5.32 Å². The molecule has 0 aromatic heterocycles. The van der Waals surface area contributed by atoms with E-state index in [1.165, 1.54) is 24.7 Å². The number of nitrogens with one attached hydrogen (secondary N) is 1. The number of nitrogens with two attached hydrogens (primary N) is 1. The molecule has 0 aliphatic heterocycles. The fourth-order valence-corrected chi connectivity index (χ4v) is 3.94. The van der Waals surface area contributed by atoms with Crippen molar-refractivity contribution in [2.24, 2.45) is 5.73 Å². The van der Waals surface area contributed by atoms with E-state index in [1.807, 2.05) is 18.2 Å². The zero-order chi connectivity index (χ0) is 23.8. The van der Waals surface area contributed by atoms with E-state index in [-0.39, 0.29) is 18.6 Å². The standard InChI is InChI=1S/C25H31N3O5/c1-17(29)27-20-10-7-19(8-11-20)16-28(25(31)24(26)30)14-13-18-9-12-22(32-2)23(15-18)33-21-5-3-4-6-21/h7-12,15,21H,3-6,13-14,16H2,1-2H3,(H2,26,30)(H,27,29). The van der Waals surface area contributed by atoms with Crippen molar-refractivity contribution in [1.29, 1.82) is 0 Å². The average molecular weight is 454 g/mol. The number of ether oxygens (including phenoxy) is 2. The Hall–Kier alpha value is -3.55. The summed E-state index contributed by atoms with van der Waals surface area (Å²) in [6.07, 6.45) is 5.13. The van der Waals surface area contributed by atoms with Crippen LogP contribution in [0.5, 0.6) is 11.5 Å². The van der Waals surface area contributed by atoms with Gasteiger partial charge in [0.15, 0.2) is 11.5 Å². The molecular formula is C25H31N3O5. The smallest absolute Gasteiger partial charge is 0.311 e. The van der Waals surface area contributed by atoms with Crippen LogP contribution in [0.1, 0.15) is 43.7 Å². The molecule has 8 heteroatoms. The van der Waals surface area contributed by atoms with Gasteiger partial charge < -0.3 is 25.4 Å². The zero-order valence-electron chi connectivity index (χ0n) is 19.1. The fourth-order valence-electron chi connectivity index (χ4n) is 3.94. The monoisotopic (exact) mass is 453 g/mol. The maximum Gasteiger partial charge on any atom is 0.311 e. The lowest BCUT2D eigenvalue weighted by atomic mass is 10.1. The summed E-state index contributed by atoms with van der Waals surface area (Å²) in [5, 5.41) is 2.70. The number of nitrogens with zero attached hydrogens (tertiary/aromatic N) is 1. The molecule has 0 unspecified atom stereocenters. The normalized spacial score (nSPS) is 13.4. The van der Waals surface area contributed by atoms with Gasteiger partial charge in [-0.25, -0.2) is 0 Å². The molecular weight excluding hydrogens is 422 g/mol. The number of carbonyl (C=O) groups excluding carboxylic acids is 3. The number of methoxy groups -OCH3 is 1. The lowest BCUT2D eigenvalue weighted by Crippen LogP contribution is -2.41. The second kappa shape index (κ2) is 11.4. The fraction of sp³-hybridized carbons (Fsp3) is 0.400. The molecule has 3 amide bonds. The van der Waals surface area contributed by atoms with Gasteiger partial charge in [-0.05, 0) is 67.5 Å². The van der Waals surface area contributed by atoms with Gasteiger partial charge in [0.1, 0.15) is 0 Å². The first-order valence-corrected chi connectivity index (χ1v) is 11.1. The van der Waals surface area contributed by atoms with Gasteiger partial charge in [0.05, 0.1) is 13.2 Å². The molecule has 0 saturated heterocycles. The van der Waals surface area contributed by atoms with Gasteiger partial charge in [0.2, 0.25) is 5.91 Å². The summed E-state index contributed by atoms with van der Waals surface area (Å²) in [6, 6.07) is 12.8. The van der Waals surface area contributed by atoms with E-state index < -0.39 is 11.8 Å². The van der Waals surface area contributed by atoms with Crippen LogP contribution in [0.15, 0.2) is 42.5 Å². The quantitative estimate of drug-likeness (QED) is 0.567. The highest BCUT2D eigenvalue weighted by molar-refractivity contribution is 6.34. The van der Waals surface area contributed by atoms with E-state index in [0.29, 0.717) is 30.2 Å². The van der Waals surface area contributed by atoms with Crippen LogP contribution >= 0.6 is 0 Å². The first kappa shape index (κ1) is 24.1. The van der Waals surface area contributed by atoms with E-state index >= 15 is 0 Å². The molecule has 2 aromatic rings. The number of carbonyl (C=O) groups is 3. The maximum absolute atomic E-state index is 12.4. The Balaban J connectivity index is 1.69. The molecule has 1 fully saturated rings. The highest BCUT2D eigenvalue weighted by Gasteiger charge is 2.21.